The van der Waals surface area contributed by atoms with Gasteiger partial charge in [-0.3, -0.25) is 4.79 Å². The molecular formula is C16H23N3O2. The fourth-order valence-electron chi connectivity index (χ4n) is 3.05. The molecule has 0 saturated carbocycles. The zero-order valence-corrected chi connectivity index (χ0v) is 12.5. The van der Waals surface area contributed by atoms with Crippen molar-refractivity contribution in [3.05, 3.63) is 23.8 Å². The van der Waals surface area contributed by atoms with Crippen molar-refractivity contribution in [2.45, 2.75) is 13.3 Å². The highest BCUT2D eigenvalue weighted by Crippen LogP contribution is 2.31. The summed E-state index contributed by atoms with van der Waals surface area (Å²) in [4.78, 5) is 14.8. The molecule has 0 spiro atoms. The molecule has 21 heavy (non-hydrogen) atoms. The molecule has 1 aromatic carbocycles. The molecule has 0 aromatic heterocycles. The van der Waals surface area contributed by atoms with Gasteiger partial charge in [-0.25, -0.2) is 0 Å². The summed E-state index contributed by atoms with van der Waals surface area (Å²) in [5.41, 5.74) is 1.54. The summed E-state index contributed by atoms with van der Waals surface area (Å²) in [7, 11) is 0. The van der Waals surface area contributed by atoms with E-state index in [1.165, 1.54) is 6.42 Å². The summed E-state index contributed by atoms with van der Waals surface area (Å²) in [6.45, 7) is 7.63. The van der Waals surface area contributed by atoms with Crippen LogP contribution in [0.2, 0.25) is 0 Å². The molecule has 1 aromatic rings. The van der Waals surface area contributed by atoms with Crippen LogP contribution < -0.4 is 15.4 Å². The van der Waals surface area contributed by atoms with E-state index in [2.05, 4.69) is 22.5 Å². The molecule has 2 heterocycles. The third-order valence-corrected chi connectivity index (χ3v) is 4.29. The number of hydrogen-bond acceptors (Lipinski definition) is 4. The first-order valence-corrected chi connectivity index (χ1v) is 7.78. The Bertz CT molecular complexity index is 518. The molecule has 2 aliphatic rings. The maximum absolute atomic E-state index is 12.4. The first kappa shape index (κ1) is 14.2. The van der Waals surface area contributed by atoms with Gasteiger partial charge in [0.25, 0.3) is 5.91 Å². The molecule has 2 N–H and O–H groups in total. The summed E-state index contributed by atoms with van der Waals surface area (Å²) in [5.74, 6) is 1.21. The molecule has 1 atom stereocenters. The van der Waals surface area contributed by atoms with Crippen LogP contribution in [0.1, 0.15) is 23.7 Å². The summed E-state index contributed by atoms with van der Waals surface area (Å²) in [6, 6.07) is 5.67. The van der Waals surface area contributed by atoms with Crippen molar-refractivity contribution in [3.63, 3.8) is 0 Å². The third kappa shape index (κ3) is 3.13. The van der Waals surface area contributed by atoms with Gasteiger partial charge in [-0.05, 0) is 37.6 Å². The molecule has 5 nitrogen and oxygen atoms in total. The lowest BCUT2D eigenvalue weighted by molar-refractivity contribution is 0.0943. The van der Waals surface area contributed by atoms with Gasteiger partial charge in [0.15, 0.2) is 5.75 Å². The van der Waals surface area contributed by atoms with Crippen molar-refractivity contribution < 1.29 is 9.53 Å². The van der Waals surface area contributed by atoms with Gasteiger partial charge in [0, 0.05) is 19.6 Å². The van der Waals surface area contributed by atoms with Crippen LogP contribution >= 0.6 is 0 Å². The lowest BCUT2D eigenvalue weighted by Gasteiger charge is -2.21. The average Bonchev–Trinajstić information content (AvgIpc) is 3.00. The minimum absolute atomic E-state index is 0.0366. The van der Waals surface area contributed by atoms with E-state index >= 15 is 0 Å². The van der Waals surface area contributed by atoms with Crippen molar-refractivity contribution in [3.8, 4) is 5.75 Å². The third-order valence-electron chi connectivity index (χ3n) is 4.29. The van der Waals surface area contributed by atoms with Crippen LogP contribution in [-0.4, -0.2) is 50.1 Å². The standard InChI is InChI=1S/C16H23N3O2/c1-2-19-8-6-12(11-19)10-18-16(20)13-4-3-5-14-15(13)21-9-7-17-14/h3-5,12,17H,2,6-11H2,1H3,(H,18,20). The molecule has 1 saturated heterocycles. The van der Waals surface area contributed by atoms with Crippen LogP contribution in [0.15, 0.2) is 18.2 Å². The van der Waals surface area contributed by atoms with Gasteiger partial charge in [-0.1, -0.05) is 13.0 Å². The van der Waals surface area contributed by atoms with Crippen molar-refractivity contribution in [2.24, 2.45) is 5.92 Å². The maximum Gasteiger partial charge on any atom is 0.255 e. The Morgan fingerprint density at radius 2 is 2.43 bits per heavy atom. The van der Waals surface area contributed by atoms with Gasteiger partial charge in [0.05, 0.1) is 11.3 Å². The SMILES string of the molecule is CCN1CCC(CNC(=O)c2cccc3c2OCCN3)C1. The van der Waals surface area contributed by atoms with Gasteiger partial charge in [0.2, 0.25) is 0 Å². The largest absolute Gasteiger partial charge is 0.489 e. The number of rotatable bonds is 4. The highest BCUT2D eigenvalue weighted by Gasteiger charge is 2.23. The van der Waals surface area contributed by atoms with Crippen molar-refractivity contribution in [2.75, 3.05) is 44.6 Å². The van der Waals surface area contributed by atoms with Gasteiger partial charge in [-0.15, -0.1) is 0 Å². The Morgan fingerprint density at radius 3 is 3.24 bits per heavy atom. The lowest BCUT2D eigenvalue weighted by Crippen LogP contribution is -2.32. The van der Waals surface area contributed by atoms with E-state index in [1.807, 2.05) is 18.2 Å². The number of nitrogens with zero attached hydrogens (tertiary/aromatic N) is 1. The Balaban J connectivity index is 1.61. The van der Waals surface area contributed by atoms with Crippen molar-refractivity contribution in [1.82, 2.24) is 10.2 Å². The topological polar surface area (TPSA) is 53.6 Å². The monoisotopic (exact) mass is 289 g/mol. The number of para-hydroxylation sites is 1. The zero-order valence-electron chi connectivity index (χ0n) is 12.5. The van der Waals surface area contributed by atoms with Crippen LogP contribution in [0.4, 0.5) is 5.69 Å². The first-order valence-electron chi connectivity index (χ1n) is 7.78. The highest BCUT2D eigenvalue weighted by molar-refractivity contribution is 5.99. The second-order valence-corrected chi connectivity index (χ2v) is 5.72. The number of carbonyl (C=O) groups excluding carboxylic acids is 1. The molecule has 114 valence electrons. The van der Waals surface area contributed by atoms with E-state index in [9.17, 15) is 4.79 Å². The molecule has 3 rings (SSSR count). The number of amides is 1. The number of fused-ring (bicyclic) bond motifs is 1. The second kappa shape index (κ2) is 6.35. The summed E-state index contributed by atoms with van der Waals surface area (Å²) >= 11 is 0. The highest BCUT2D eigenvalue weighted by atomic mass is 16.5. The second-order valence-electron chi connectivity index (χ2n) is 5.72. The van der Waals surface area contributed by atoms with Crippen molar-refractivity contribution >= 4 is 11.6 Å². The minimum Gasteiger partial charge on any atom is -0.489 e. The molecule has 0 radical (unpaired) electrons. The average molecular weight is 289 g/mol. The van der Waals surface area contributed by atoms with Crippen LogP contribution in [-0.2, 0) is 0 Å². The minimum atomic E-state index is -0.0366. The van der Waals surface area contributed by atoms with Crippen LogP contribution in [0, 0.1) is 5.92 Å². The molecule has 2 aliphatic heterocycles. The van der Waals surface area contributed by atoms with Gasteiger partial charge < -0.3 is 20.3 Å². The summed E-state index contributed by atoms with van der Waals surface area (Å²) < 4.78 is 5.65. The number of carbonyl (C=O) groups is 1. The fourth-order valence-corrected chi connectivity index (χ4v) is 3.05. The number of hydrogen-bond donors (Lipinski definition) is 2. The molecule has 0 bridgehead atoms. The van der Waals surface area contributed by atoms with Gasteiger partial charge in [0.1, 0.15) is 6.61 Å². The number of nitrogens with one attached hydrogen (secondary N) is 2. The van der Waals surface area contributed by atoms with Crippen LogP contribution in [0.5, 0.6) is 5.75 Å². The van der Waals surface area contributed by atoms with Gasteiger partial charge >= 0.3 is 0 Å². The van der Waals surface area contributed by atoms with E-state index in [-0.39, 0.29) is 5.91 Å². The smallest absolute Gasteiger partial charge is 0.255 e. The Morgan fingerprint density at radius 1 is 1.52 bits per heavy atom. The molecule has 0 aliphatic carbocycles. The molecular weight excluding hydrogens is 266 g/mol. The number of anilines is 1. The van der Waals surface area contributed by atoms with E-state index in [4.69, 9.17) is 4.74 Å². The Labute approximate surface area is 125 Å². The number of ether oxygens (including phenoxy) is 1. The normalized spacial score (nSPS) is 21.3. The number of likely N-dealkylation sites (tertiary alicyclic amines) is 1. The predicted octanol–water partition coefficient (Wildman–Crippen LogP) is 1.56. The quantitative estimate of drug-likeness (QED) is 0.883. The fraction of sp³-hybridized carbons (Fsp3) is 0.562. The van der Waals surface area contributed by atoms with E-state index in [1.54, 1.807) is 0 Å². The van der Waals surface area contributed by atoms with Crippen LogP contribution in [0.3, 0.4) is 0 Å². The Hall–Kier alpha value is -1.75. The van der Waals surface area contributed by atoms with E-state index in [0.29, 0.717) is 23.8 Å². The lowest BCUT2D eigenvalue weighted by atomic mass is 10.1. The van der Waals surface area contributed by atoms with E-state index in [0.717, 1.165) is 38.4 Å². The first-order chi connectivity index (χ1) is 10.3. The molecule has 1 amide bonds. The maximum atomic E-state index is 12.4. The van der Waals surface area contributed by atoms with E-state index < -0.39 is 0 Å². The molecule has 1 fully saturated rings. The van der Waals surface area contributed by atoms with Crippen molar-refractivity contribution in [1.29, 1.82) is 0 Å². The zero-order chi connectivity index (χ0) is 14.7. The van der Waals surface area contributed by atoms with Crippen LogP contribution in [0.25, 0.3) is 0 Å². The Kier molecular flexibility index (Phi) is 4.29. The predicted molar refractivity (Wildman–Crippen MR) is 83.0 cm³/mol. The molecule has 1 unspecified atom stereocenters. The molecule has 5 heteroatoms. The van der Waals surface area contributed by atoms with Gasteiger partial charge in [-0.2, -0.15) is 0 Å². The summed E-state index contributed by atoms with van der Waals surface area (Å²) in [5, 5.41) is 6.32. The number of benzene rings is 1. The summed E-state index contributed by atoms with van der Waals surface area (Å²) in [6.07, 6.45) is 1.17.